The summed E-state index contributed by atoms with van der Waals surface area (Å²) >= 11 is 0. The third-order valence-corrected chi connectivity index (χ3v) is 25.3. The van der Waals surface area contributed by atoms with Crippen LogP contribution in [0.2, 0.25) is 0 Å². The minimum absolute atomic E-state index is 0.282. The highest BCUT2D eigenvalue weighted by Gasteiger charge is 2.23. The second-order valence-corrected chi connectivity index (χ2v) is 32.1. The van der Waals surface area contributed by atoms with E-state index in [1.54, 1.807) is 67.3 Å². The molecule has 0 unspecified atom stereocenters. The summed E-state index contributed by atoms with van der Waals surface area (Å²) < 4.78 is 0. The quantitative estimate of drug-likeness (QED) is 0.101. The van der Waals surface area contributed by atoms with Crippen LogP contribution in [0.25, 0.3) is 231 Å². The largest absolute Gasteiger partial charge is 0.256 e. The van der Waals surface area contributed by atoms with Gasteiger partial charge in [0.25, 0.3) is 0 Å². The van der Waals surface area contributed by atoms with Gasteiger partial charge in [-0.25, -0.2) is 4.85 Å². The molecule has 0 bridgehead atoms. The van der Waals surface area contributed by atoms with Gasteiger partial charge in [-0.05, 0) is 234 Å². The first-order valence-electron chi connectivity index (χ1n) is 42.2. The van der Waals surface area contributed by atoms with Gasteiger partial charge in [0.05, 0.1) is 97.9 Å². The number of rotatable bonds is 0. The molecule has 3 aromatic heterocycles. The molecule has 0 saturated carbocycles. The van der Waals surface area contributed by atoms with Gasteiger partial charge in [0, 0.05) is 57.1 Å². The molecule has 0 spiro atoms. The minimum Gasteiger partial charge on any atom is -0.256 e. The lowest BCUT2D eigenvalue weighted by Gasteiger charge is -2.15. The highest BCUT2D eigenvalue weighted by Crippen LogP contribution is 2.48. The van der Waals surface area contributed by atoms with Crippen LogP contribution in [-0.2, 0) is 0 Å². The SMILES string of the molecule is N#Cc1cc2c(cc1C#N)c1c3ccccc3ccc1c1cccnc12.N#Cc1cc2c(cc1C#N)c1c3ccccc3ccc1c1nccnc21.N#Cc1cc2c3ccccc3c3ccc4ccccc4c3c2cc1C#N.N#Cc1cc2c3cccnc3c3ccc4ccccc4c3c2cc1C#N.[C-]#[N+]c1cc2c3cc([N+]#[C-])c([N+]#[C-])cc3c3ccc4ccccc4c3c2cc1C#N. The number of hydrogen-bond donors (Lipinski definition) is 0. The average molecular weight is 1700 g/mol. The third-order valence-electron chi connectivity index (χ3n) is 25.3. The average Bonchev–Trinajstić information content (AvgIpc) is 0.738. The van der Waals surface area contributed by atoms with Crippen molar-refractivity contribution >= 4 is 233 Å². The zero-order valence-corrected chi connectivity index (χ0v) is 70.3. The molecule has 0 saturated heterocycles. The van der Waals surface area contributed by atoms with E-state index >= 15 is 0 Å². The number of hydrogen-bond acceptors (Lipinski definition) is 13. The van der Waals surface area contributed by atoms with Crippen LogP contribution < -0.4 is 0 Å². The highest BCUT2D eigenvalue weighted by molar-refractivity contribution is 6.37. The molecule has 16 nitrogen and oxygen atoms in total. The minimum atomic E-state index is 0.282. The molecule has 16 heteroatoms. The second-order valence-electron chi connectivity index (χ2n) is 32.1. The van der Waals surface area contributed by atoms with Crippen molar-refractivity contribution in [1.29, 1.82) is 47.4 Å². The van der Waals surface area contributed by atoms with Crippen LogP contribution in [0.4, 0.5) is 17.1 Å². The van der Waals surface area contributed by atoms with E-state index < -0.39 is 0 Å². The van der Waals surface area contributed by atoms with Gasteiger partial charge in [-0.3, -0.25) is 29.6 Å². The summed E-state index contributed by atoms with van der Waals surface area (Å²) in [5.41, 5.74) is 7.65. The molecule has 22 aromatic carbocycles. The Hall–Kier alpha value is -20.7. The first-order valence-corrected chi connectivity index (χ1v) is 42.2. The summed E-state index contributed by atoms with van der Waals surface area (Å²) in [6, 6.07) is 119. The zero-order valence-electron chi connectivity index (χ0n) is 70.3. The topological polar surface area (TPSA) is 279 Å². The summed E-state index contributed by atoms with van der Waals surface area (Å²) in [6.07, 6.45) is 6.88. The van der Waals surface area contributed by atoms with E-state index in [1.807, 2.05) is 146 Å². The normalized spacial score (nSPS) is 10.9. The Balaban J connectivity index is 0.000000101. The fourth-order valence-electron chi connectivity index (χ4n) is 19.4. The Morgan fingerprint density at radius 1 is 0.164 bits per heavy atom. The molecule has 0 atom stereocenters. The summed E-state index contributed by atoms with van der Waals surface area (Å²) in [6.45, 7) is 22.5. The predicted molar refractivity (Wildman–Crippen MR) is 535 cm³/mol. The molecule has 3 heterocycles. The van der Waals surface area contributed by atoms with Crippen molar-refractivity contribution in [3.05, 3.63) is 412 Å². The van der Waals surface area contributed by atoms with Crippen molar-refractivity contribution in [2.75, 3.05) is 0 Å². The number of nitrogens with zero attached hydrogens (tertiary/aromatic N) is 16. The molecule has 606 valence electrons. The first kappa shape index (κ1) is 80.4. The van der Waals surface area contributed by atoms with Crippen LogP contribution >= 0.6 is 0 Å². The number of benzene rings is 22. The molecule has 134 heavy (non-hydrogen) atoms. The van der Waals surface area contributed by atoms with E-state index in [0.717, 1.165) is 205 Å². The van der Waals surface area contributed by atoms with E-state index in [4.69, 9.17) is 19.7 Å². The number of fused-ring (bicyclic) bond motifs is 40. The summed E-state index contributed by atoms with van der Waals surface area (Å²) in [7, 11) is 0. The molecule has 0 fully saturated rings. The lowest BCUT2D eigenvalue weighted by Crippen LogP contribution is -1.92. The van der Waals surface area contributed by atoms with Gasteiger partial charge in [-0.2, -0.15) is 47.4 Å². The van der Waals surface area contributed by atoms with Crippen LogP contribution in [0.1, 0.15) is 50.1 Å². The highest BCUT2D eigenvalue weighted by atomic mass is 14.8. The Labute approximate surface area is 762 Å². The van der Waals surface area contributed by atoms with Gasteiger partial charge >= 0.3 is 0 Å². The van der Waals surface area contributed by atoms with E-state index in [0.29, 0.717) is 55.8 Å². The first-order chi connectivity index (χ1) is 65.9. The van der Waals surface area contributed by atoms with Crippen LogP contribution in [-0.4, -0.2) is 19.9 Å². The van der Waals surface area contributed by atoms with Crippen molar-refractivity contribution in [1.82, 2.24) is 19.9 Å². The van der Waals surface area contributed by atoms with E-state index in [1.165, 1.54) is 10.8 Å². The van der Waals surface area contributed by atoms with Crippen LogP contribution in [0.3, 0.4) is 0 Å². The summed E-state index contributed by atoms with van der Waals surface area (Å²) in [5, 5.41) is 122. The van der Waals surface area contributed by atoms with E-state index in [-0.39, 0.29) is 11.4 Å². The third kappa shape index (κ3) is 13.0. The maximum absolute atomic E-state index is 9.59. The van der Waals surface area contributed by atoms with Gasteiger partial charge < -0.3 is 0 Å². The van der Waals surface area contributed by atoms with Crippen molar-refractivity contribution in [3.63, 3.8) is 0 Å². The number of pyridine rings is 2. The van der Waals surface area contributed by atoms with Gasteiger partial charge in [0.15, 0.2) is 11.4 Å². The Morgan fingerprint density at radius 3 is 0.754 bits per heavy atom. The molecule has 0 radical (unpaired) electrons. The molecule has 25 rings (SSSR count). The second kappa shape index (κ2) is 33.0. The van der Waals surface area contributed by atoms with E-state index in [2.05, 4.69) is 204 Å². The van der Waals surface area contributed by atoms with Gasteiger partial charge in [0.1, 0.15) is 48.6 Å². The van der Waals surface area contributed by atoms with Crippen molar-refractivity contribution < 1.29 is 0 Å². The Bertz CT molecular complexity index is 9310. The lowest BCUT2D eigenvalue weighted by molar-refractivity contribution is 1.31. The van der Waals surface area contributed by atoms with Crippen molar-refractivity contribution in [2.45, 2.75) is 0 Å². The molecule has 0 amide bonds. The number of aromatic nitrogens is 4. The standard InChI is InChI=1S/C26H10N4.C24H12N2.2C23H11N3.C22H10N4/c1-28-23-11-21-20-13-25(30-3)24(29-2)12-19(20)18-9-8-15-6-4-5-7-17(15)26(18)22(21)10-16(23)14-27;25-13-16-11-22-20-8-4-3-7-19(20)21-10-9-15-5-1-2-6-18(15)24(21)23(22)12-17(16)14-26;24-12-15-10-20-21(11-16(15)13-25)23-19(6-3-9-26-23)18-8-7-14-4-1-2-5-17(14)22(18)20;24-12-15-10-20-18-6-3-9-26-23(18)19-8-7-14-4-1-2-5-17(14)22(19)21(20)11-16(15)13-25;23-11-14-9-18-19(10-15(14)12-24)22-21(25-7-8-26-22)17-6-5-13-3-1-2-4-16(13)20(17)18/h4-13H;1-12H;2*1-11H;1-10H. The maximum Gasteiger partial charge on any atom is 0.205 e. The molecule has 25 aromatic rings. The summed E-state index contributed by atoms with van der Waals surface area (Å²) in [4.78, 5) is 28.9. The van der Waals surface area contributed by atoms with Crippen LogP contribution in [0, 0.1) is 122 Å². The number of nitriles is 9. The van der Waals surface area contributed by atoms with Crippen molar-refractivity contribution in [2.24, 2.45) is 0 Å². The Kier molecular flexibility index (Phi) is 19.8. The molecular formula is C118H54N16. The fourth-order valence-corrected chi connectivity index (χ4v) is 19.4. The van der Waals surface area contributed by atoms with Gasteiger partial charge in [0.2, 0.25) is 5.69 Å². The maximum atomic E-state index is 9.59. The van der Waals surface area contributed by atoms with Gasteiger partial charge in [-0.15, -0.1) is 0 Å². The molecule has 0 aliphatic heterocycles. The van der Waals surface area contributed by atoms with Gasteiger partial charge in [-0.1, -0.05) is 231 Å². The fraction of sp³-hybridized carbons (Fsp3) is 0. The smallest absolute Gasteiger partial charge is 0.205 e. The predicted octanol–water partition coefficient (Wildman–Crippen LogP) is 29.6. The molecular weight excluding hydrogens is 1640 g/mol. The van der Waals surface area contributed by atoms with Crippen LogP contribution in [0.15, 0.2) is 328 Å². The molecule has 0 aliphatic carbocycles. The van der Waals surface area contributed by atoms with E-state index in [9.17, 15) is 47.4 Å². The monoisotopic (exact) mass is 1690 g/mol. The summed E-state index contributed by atoms with van der Waals surface area (Å²) in [5.74, 6) is 0. The van der Waals surface area contributed by atoms with Crippen molar-refractivity contribution in [3.8, 4) is 54.6 Å². The zero-order chi connectivity index (χ0) is 91.5. The lowest BCUT2D eigenvalue weighted by atomic mass is 9.89. The van der Waals surface area contributed by atoms with Crippen LogP contribution in [0.5, 0.6) is 0 Å². The molecule has 0 aliphatic rings. The Morgan fingerprint density at radius 2 is 0.381 bits per heavy atom. The molecule has 0 N–H and O–H groups in total.